The normalized spacial score (nSPS) is 15.8. The Labute approximate surface area is 293 Å². The molecule has 1 fully saturated rings. The number of nitrogens with zero attached hydrogens (tertiary/aromatic N) is 5. The zero-order valence-corrected chi connectivity index (χ0v) is 29.9. The van der Waals surface area contributed by atoms with Crippen molar-refractivity contribution < 1.29 is 24.2 Å². The number of ketones is 1. The summed E-state index contributed by atoms with van der Waals surface area (Å²) in [6.07, 6.45) is 4.87. The second-order valence-electron chi connectivity index (χ2n) is 11.9. The molecule has 0 bridgehead atoms. The Hall–Kier alpha value is -4.68. The summed E-state index contributed by atoms with van der Waals surface area (Å²) in [5.74, 6) is -0.292. The van der Waals surface area contributed by atoms with Crippen molar-refractivity contribution in [2.45, 2.75) is 70.0 Å². The van der Waals surface area contributed by atoms with Gasteiger partial charge in [0.15, 0.2) is 21.6 Å². The molecule has 3 aromatic heterocycles. The molecule has 4 heterocycles. The van der Waals surface area contributed by atoms with Gasteiger partial charge in [-0.2, -0.15) is 0 Å². The topological polar surface area (TPSA) is 119 Å². The molecule has 2 aromatic carbocycles. The van der Waals surface area contributed by atoms with E-state index in [9.17, 15) is 14.7 Å². The molecule has 5 aromatic rings. The van der Waals surface area contributed by atoms with Gasteiger partial charge in [-0.3, -0.25) is 14.5 Å². The summed E-state index contributed by atoms with van der Waals surface area (Å²) in [4.78, 5) is 33.9. The summed E-state index contributed by atoms with van der Waals surface area (Å²) in [6.45, 7) is 10.7. The third kappa shape index (κ3) is 6.93. The maximum Gasteiger partial charge on any atom is 0.301 e. The quantitative estimate of drug-likeness (QED) is 0.0326. The fraction of sp³-hybridized carbons (Fsp3) is 0.324. The monoisotopic (exact) mass is 697 g/mol. The Balaban J connectivity index is 1.44. The fourth-order valence-corrected chi connectivity index (χ4v) is 7.65. The van der Waals surface area contributed by atoms with E-state index < -0.39 is 17.7 Å². The van der Waals surface area contributed by atoms with Crippen molar-refractivity contribution in [2.24, 2.45) is 0 Å². The number of hydrogen-bond acceptors (Lipinski definition) is 10. The minimum atomic E-state index is -1.03. The molecular weight excluding hydrogens is 659 g/mol. The molecule has 1 unspecified atom stereocenters. The second kappa shape index (κ2) is 14.8. The number of ether oxygens (including phenoxy) is 2. The minimum absolute atomic E-state index is 0.0859. The van der Waals surface area contributed by atoms with Gasteiger partial charge in [-0.05, 0) is 69.0 Å². The zero-order valence-electron chi connectivity index (χ0n) is 28.2. The summed E-state index contributed by atoms with van der Waals surface area (Å²) in [6, 6.07) is 16.4. The highest BCUT2D eigenvalue weighted by atomic mass is 32.2. The number of carbonyl (C=O) groups is 2. The number of aryl methyl sites for hydroxylation is 3. The SMILES string of the molecule is CCCCCOc1ccc(C2C(=C(O)c3nc4c(C)cccn4c3C)C(=O)C(=O)N2c2nnc(SCc3ccc(C)cc3)s2)cc1OCC. The van der Waals surface area contributed by atoms with Crippen LogP contribution in [-0.4, -0.2) is 49.6 Å². The Morgan fingerprint density at radius 2 is 1.78 bits per heavy atom. The lowest BCUT2D eigenvalue weighted by Gasteiger charge is -2.23. The molecule has 6 rings (SSSR count). The van der Waals surface area contributed by atoms with Crippen molar-refractivity contribution in [3.63, 3.8) is 0 Å². The van der Waals surface area contributed by atoms with Gasteiger partial charge < -0.3 is 19.0 Å². The second-order valence-corrected chi connectivity index (χ2v) is 14.1. The molecule has 254 valence electrons. The number of thioether (sulfide) groups is 1. The van der Waals surface area contributed by atoms with E-state index >= 15 is 0 Å². The first-order valence-electron chi connectivity index (χ1n) is 16.4. The summed E-state index contributed by atoms with van der Waals surface area (Å²) < 4.78 is 14.6. The number of unbranched alkanes of at least 4 members (excludes halogenated alkanes) is 2. The molecule has 1 aliphatic heterocycles. The van der Waals surface area contributed by atoms with Gasteiger partial charge in [0.1, 0.15) is 11.3 Å². The third-order valence-corrected chi connectivity index (χ3v) is 10.6. The number of benzene rings is 2. The molecule has 0 radical (unpaired) electrons. The van der Waals surface area contributed by atoms with Crippen LogP contribution in [0.25, 0.3) is 11.4 Å². The Bertz CT molecular complexity index is 2030. The highest BCUT2D eigenvalue weighted by Crippen LogP contribution is 2.46. The van der Waals surface area contributed by atoms with Crippen LogP contribution in [0.3, 0.4) is 0 Å². The summed E-state index contributed by atoms with van der Waals surface area (Å²) >= 11 is 2.72. The Kier molecular flexibility index (Phi) is 10.4. The lowest BCUT2D eigenvalue weighted by Crippen LogP contribution is -2.29. The highest BCUT2D eigenvalue weighted by Gasteiger charge is 2.49. The van der Waals surface area contributed by atoms with Crippen LogP contribution in [0.5, 0.6) is 11.5 Å². The van der Waals surface area contributed by atoms with Gasteiger partial charge >= 0.3 is 5.91 Å². The van der Waals surface area contributed by atoms with Crippen LogP contribution < -0.4 is 14.4 Å². The number of pyridine rings is 1. The maximum absolute atomic E-state index is 14.0. The van der Waals surface area contributed by atoms with Gasteiger partial charge in [-0.1, -0.05) is 84.8 Å². The number of aromatic nitrogens is 4. The van der Waals surface area contributed by atoms with Crippen LogP contribution in [0.1, 0.15) is 72.8 Å². The van der Waals surface area contributed by atoms with Crippen molar-refractivity contribution in [2.75, 3.05) is 18.1 Å². The molecule has 0 spiro atoms. The van der Waals surface area contributed by atoms with Crippen molar-refractivity contribution >= 4 is 51.3 Å². The van der Waals surface area contributed by atoms with Crippen molar-refractivity contribution in [1.29, 1.82) is 0 Å². The average Bonchev–Trinajstić information content (AvgIpc) is 3.78. The molecule has 1 N–H and O–H groups in total. The van der Waals surface area contributed by atoms with Crippen LogP contribution in [-0.2, 0) is 15.3 Å². The predicted octanol–water partition coefficient (Wildman–Crippen LogP) is 8.00. The molecule has 0 aliphatic carbocycles. The van der Waals surface area contributed by atoms with E-state index in [0.717, 1.165) is 30.4 Å². The molecule has 10 nitrogen and oxygen atoms in total. The third-order valence-electron chi connectivity index (χ3n) is 8.43. The molecule has 1 saturated heterocycles. The number of amides is 1. The van der Waals surface area contributed by atoms with Crippen LogP contribution in [0, 0.1) is 20.8 Å². The number of anilines is 1. The van der Waals surface area contributed by atoms with E-state index in [-0.39, 0.29) is 22.2 Å². The summed E-state index contributed by atoms with van der Waals surface area (Å²) in [5, 5.41) is 20.9. The number of rotatable bonds is 13. The van der Waals surface area contributed by atoms with Gasteiger partial charge in [0.25, 0.3) is 5.78 Å². The zero-order chi connectivity index (χ0) is 34.7. The van der Waals surface area contributed by atoms with E-state index in [1.54, 1.807) is 18.2 Å². The standard InChI is InChI=1S/C37H39N5O5S2/c1-6-8-9-19-47-27-17-16-26(20-28(27)46-7-2)31-29(32(43)30-24(5)41-18-10-11-23(4)34(41)38-30)33(44)35(45)42(31)36-39-40-37(49-36)48-21-25-14-12-22(3)13-15-25/h10-18,20,31,43H,6-9,19,21H2,1-5H3. The van der Waals surface area contributed by atoms with Crippen LogP contribution in [0.4, 0.5) is 5.13 Å². The van der Waals surface area contributed by atoms with E-state index in [1.807, 2.05) is 50.4 Å². The Morgan fingerprint density at radius 1 is 0.980 bits per heavy atom. The summed E-state index contributed by atoms with van der Waals surface area (Å²) in [7, 11) is 0. The van der Waals surface area contributed by atoms with Crippen LogP contribution in [0.15, 0.2) is 70.7 Å². The lowest BCUT2D eigenvalue weighted by molar-refractivity contribution is -0.132. The number of Topliss-reactive ketones (excluding diaryl/α,β-unsaturated/α-hetero) is 1. The molecule has 1 amide bonds. The highest BCUT2D eigenvalue weighted by molar-refractivity contribution is 8.00. The predicted molar refractivity (Wildman–Crippen MR) is 193 cm³/mol. The van der Waals surface area contributed by atoms with E-state index in [2.05, 4.69) is 41.4 Å². The molecular formula is C37H39N5O5S2. The first kappa shape index (κ1) is 34.2. The van der Waals surface area contributed by atoms with Gasteiger partial charge in [0.2, 0.25) is 5.13 Å². The molecule has 12 heteroatoms. The average molecular weight is 698 g/mol. The molecule has 1 atom stereocenters. The van der Waals surface area contributed by atoms with E-state index in [4.69, 9.17) is 14.5 Å². The van der Waals surface area contributed by atoms with Crippen LogP contribution >= 0.6 is 23.1 Å². The number of carbonyl (C=O) groups excluding carboxylic acids is 2. The minimum Gasteiger partial charge on any atom is -0.505 e. The first-order chi connectivity index (χ1) is 23.7. The smallest absolute Gasteiger partial charge is 0.301 e. The largest absolute Gasteiger partial charge is 0.505 e. The molecule has 1 aliphatic rings. The number of aliphatic hydroxyl groups is 1. The Morgan fingerprint density at radius 3 is 2.51 bits per heavy atom. The molecule has 49 heavy (non-hydrogen) atoms. The number of fused-ring (bicyclic) bond motifs is 1. The van der Waals surface area contributed by atoms with E-state index in [1.165, 1.54) is 33.6 Å². The van der Waals surface area contributed by atoms with Crippen LogP contribution in [0.2, 0.25) is 0 Å². The first-order valence-corrected chi connectivity index (χ1v) is 18.2. The lowest BCUT2D eigenvalue weighted by atomic mass is 9.96. The van der Waals surface area contributed by atoms with Gasteiger partial charge in [-0.15, -0.1) is 10.2 Å². The fourth-order valence-electron chi connectivity index (χ4n) is 5.82. The summed E-state index contributed by atoms with van der Waals surface area (Å²) in [5.41, 5.74) is 5.19. The van der Waals surface area contributed by atoms with Crippen molar-refractivity contribution in [3.8, 4) is 11.5 Å². The van der Waals surface area contributed by atoms with E-state index in [0.29, 0.717) is 51.7 Å². The maximum atomic E-state index is 14.0. The van der Waals surface area contributed by atoms with Gasteiger partial charge in [0, 0.05) is 11.9 Å². The number of aliphatic hydroxyl groups excluding tert-OH is 1. The number of imidazole rings is 1. The van der Waals surface area contributed by atoms with Crippen molar-refractivity contribution in [3.05, 3.63) is 100 Å². The number of hydrogen-bond donors (Lipinski definition) is 1. The van der Waals surface area contributed by atoms with Crippen molar-refractivity contribution in [1.82, 2.24) is 19.6 Å². The molecule has 0 saturated carbocycles. The van der Waals surface area contributed by atoms with Gasteiger partial charge in [0.05, 0.1) is 30.5 Å². The van der Waals surface area contributed by atoms with Gasteiger partial charge in [-0.25, -0.2) is 4.98 Å².